The molecule has 2 heterocycles. The molecule has 0 spiro atoms. The summed E-state index contributed by atoms with van der Waals surface area (Å²) in [5, 5.41) is 1.95. The predicted octanol–water partition coefficient (Wildman–Crippen LogP) is 1.86. The van der Waals surface area contributed by atoms with E-state index in [0.717, 1.165) is 6.21 Å². The second-order valence-corrected chi connectivity index (χ2v) is 6.90. The summed E-state index contributed by atoms with van der Waals surface area (Å²) in [6, 6.07) is 0.533. The summed E-state index contributed by atoms with van der Waals surface area (Å²) in [4.78, 5) is 24.5. The van der Waals surface area contributed by atoms with E-state index < -0.39 is 30.8 Å². The van der Waals surface area contributed by atoms with Crippen LogP contribution in [0.3, 0.4) is 0 Å². The zero-order valence-corrected chi connectivity index (χ0v) is 13.2. The maximum Gasteiger partial charge on any atom is 0.367 e. The van der Waals surface area contributed by atoms with Crippen molar-refractivity contribution >= 4 is 37.3 Å². The minimum Gasteiger partial charge on any atom is -0.477 e. The van der Waals surface area contributed by atoms with Gasteiger partial charge in [0.25, 0.3) is 5.91 Å². The third-order valence-corrected chi connectivity index (χ3v) is 4.80. The van der Waals surface area contributed by atoms with Crippen LogP contribution in [0, 0.1) is 0 Å². The number of rotatable bonds is 6. The number of hydrogen-bond donors (Lipinski definition) is 1. The number of carbonyl (C=O) groups excluding carboxylic acids is 2. The lowest BCUT2D eigenvalue weighted by atomic mass is 10.0. The standard InChI is InChI=1S/C11H12ClN2O7P/c1-18-22(17,19-2)6-21-7-3-4-20-8(7)11(12)5-13-10(16)14-9(11)15/h3-5H,6H2,1-2H3,(H,14,15,16). The van der Waals surface area contributed by atoms with Gasteiger partial charge in [-0.2, -0.15) is 0 Å². The van der Waals surface area contributed by atoms with Crippen LogP contribution < -0.4 is 10.1 Å². The molecule has 0 aromatic carbocycles. The number of imide groups is 1. The molecule has 0 saturated carbocycles. The number of ether oxygens (including phenoxy) is 1. The molecule has 0 radical (unpaired) electrons. The molecule has 1 unspecified atom stereocenters. The summed E-state index contributed by atoms with van der Waals surface area (Å²) in [6.07, 6.45) is 1.74. The van der Waals surface area contributed by atoms with Gasteiger partial charge in [-0.25, -0.2) is 9.79 Å². The molecule has 1 aliphatic rings. The number of nitrogens with one attached hydrogen (secondary N) is 1. The first-order valence-corrected chi connectivity index (χ1v) is 7.96. The van der Waals surface area contributed by atoms with Crippen LogP contribution in [-0.4, -0.2) is 38.7 Å². The molecular formula is C11H12ClN2O7P. The summed E-state index contributed by atoms with van der Waals surface area (Å²) in [6.45, 7) is 0. The van der Waals surface area contributed by atoms with E-state index in [9.17, 15) is 14.2 Å². The normalized spacial score (nSPS) is 21.8. The number of urea groups is 1. The fourth-order valence-corrected chi connectivity index (χ4v) is 2.48. The fourth-order valence-electron chi connectivity index (χ4n) is 1.59. The predicted molar refractivity (Wildman–Crippen MR) is 75.4 cm³/mol. The van der Waals surface area contributed by atoms with Crippen LogP contribution in [0.4, 0.5) is 4.79 Å². The minimum atomic E-state index is -3.42. The highest BCUT2D eigenvalue weighted by molar-refractivity contribution is 7.53. The number of alkyl halides is 1. The molecule has 2 rings (SSSR count). The van der Waals surface area contributed by atoms with Crippen LogP contribution in [-0.2, 0) is 23.3 Å². The molecule has 120 valence electrons. The van der Waals surface area contributed by atoms with E-state index in [-0.39, 0.29) is 11.5 Å². The van der Waals surface area contributed by atoms with Crippen molar-refractivity contribution in [1.82, 2.24) is 5.32 Å². The molecule has 9 nitrogen and oxygen atoms in total. The van der Waals surface area contributed by atoms with Crippen LogP contribution in [0.15, 0.2) is 21.7 Å². The first kappa shape index (κ1) is 16.7. The maximum absolute atomic E-state index is 11.9. The van der Waals surface area contributed by atoms with E-state index in [2.05, 4.69) is 4.99 Å². The molecule has 0 bridgehead atoms. The Morgan fingerprint density at radius 2 is 2.09 bits per heavy atom. The fraction of sp³-hybridized carbons (Fsp3) is 0.364. The Hall–Kier alpha value is -1.67. The van der Waals surface area contributed by atoms with Gasteiger partial charge in [0.2, 0.25) is 4.87 Å². The summed E-state index contributed by atoms with van der Waals surface area (Å²) in [5.41, 5.74) is 0. The molecule has 3 amide bonds. The van der Waals surface area contributed by atoms with Gasteiger partial charge in [0, 0.05) is 26.5 Å². The minimum absolute atomic E-state index is 0.0419. The second-order valence-electron chi connectivity index (χ2n) is 4.09. The zero-order valence-electron chi connectivity index (χ0n) is 11.6. The summed E-state index contributed by atoms with van der Waals surface area (Å²) in [7, 11) is -1.01. The van der Waals surface area contributed by atoms with Gasteiger partial charge in [-0.1, -0.05) is 11.6 Å². The average Bonchev–Trinajstić information content (AvgIpc) is 2.98. The van der Waals surface area contributed by atoms with Crippen molar-refractivity contribution < 1.29 is 32.4 Å². The Balaban J connectivity index is 2.27. The van der Waals surface area contributed by atoms with Gasteiger partial charge in [0.15, 0.2) is 17.9 Å². The van der Waals surface area contributed by atoms with Gasteiger partial charge >= 0.3 is 13.6 Å². The number of amides is 3. The van der Waals surface area contributed by atoms with Crippen LogP contribution in [0.1, 0.15) is 5.76 Å². The highest BCUT2D eigenvalue weighted by atomic mass is 35.5. The third-order valence-electron chi connectivity index (χ3n) is 2.80. The van der Waals surface area contributed by atoms with Crippen molar-refractivity contribution in [3.8, 4) is 5.75 Å². The van der Waals surface area contributed by atoms with Crippen molar-refractivity contribution in [2.45, 2.75) is 4.87 Å². The zero-order chi connectivity index (χ0) is 16.4. The lowest BCUT2D eigenvalue weighted by Gasteiger charge is -2.23. The molecule has 1 atom stereocenters. The van der Waals surface area contributed by atoms with Gasteiger partial charge in [-0.3, -0.25) is 14.7 Å². The largest absolute Gasteiger partial charge is 0.477 e. The molecule has 0 aliphatic carbocycles. The van der Waals surface area contributed by atoms with Gasteiger partial charge in [0.05, 0.1) is 6.26 Å². The van der Waals surface area contributed by atoms with E-state index >= 15 is 0 Å². The topological polar surface area (TPSA) is 116 Å². The molecule has 22 heavy (non-hydrogen) atoms. The smallest absolute Gasteiger partial charge is 0.367 e. The number of nitrogens with zero attached hydrogens (tertiary/aromatic N) is 1. The van der Waals surface area contributed by atoms with Crippen LogP contribution in [0.5, 0.6) is 5.75 Å². The number of furan rings is 1. The number of hydrogen-bond acceptors (Lipinski definition) is 7. The van der Waals surface area contributed by atoms with Gasteiger partial charge in [-0.05, 0) is 0 Å². The molecule has 1 aromatic rings. The summed E-state index contributed by atoms with van der Waals surface area (Å²) < 4.78 is 31.8. The summed E-state index contributed by atoms with van der Waals surface area (Å²) in [5.74, 6) is -0.905. The van der Waals surface area contributed by atoms with Crippen LogP contribution >= 0.6 is 19.2 Å². The summed E-state index contributed by atoms with van der Waals surface area (Å²) >= 11 is 6.16. The van der Waals surface area contributed by atoms with E-state index in [1.165, 1.54) is 26.5 Å². The highest BCUT2D eigenvalue weighted by Crippen LogP contribution is 2.47. The van der Waals surface area contributed by atoms with Crippen LogP contribution in [0.2, 0.25) is 0 Å². The van der Waals surface area contributed by atoms with Crippen molar-refractivity contribution in [2.24, 2.45) is 4.99 Å². The number of carbonyl (C=O) groups is 2. The monoisotopic (exact) mass is 350 g/mol. The molecule has 0 fully saturated rings. The molecule has 0 saturated heterocycles. The Kier molecular flexibility index (Phi) is 4.72. The quantitative estimate of drug-likeness (QED) is 0.614. The Morgan fingerprint density at radius 1 is 1.41 bits per heavy atom. The van der Waals surface area contributed by atoms with E-state index in [4.69, 9.17) is 29.8 Å². The van der Waals surface area contributed by atoms with E-state index in [0.29, 0.717) is 0 Å². The molecule has 1 aromatic heterocycles. The second kappa shape index (κ2) is 6.21. The lowest BCUT2D eigenvalue weighted by molar-refractivity contribution is -0.121. The molecule has 1 aliphatic heterocycles. The molecule has 11 heteroatoms. The van der Waals surface area contributed by atoms with Crippen molar-refractivity contribution in [2.75, 3.05) is 20.6 Å². The molecular weight excluding hydrogens is 339 g/mol. The van der Waals surface area contributed by atoms with Crippen molar-refractivity contribution in [3.05, 3.63) is 18.1 Å². The Labute approximate surface area is 130 Å². The highest BCUT2D eigenvalue weighted by Gasteiger charge is 2.46. The van der Waals surface area contributed by atoms with Gasteiger partial charge < -0.3 is 18.2 Å². The first-order chi connectivity index (χ1) is 10.3. The number of halogens is 1. The lowest BCUT2D eigenvalue weighted by Crippen LogP contribution is -2.47. The number of aliphatic imine (C=N–C) groups is 1. The molecule has 1 N–H and O–H groups in total. The van der Waals surface area contributed by atoms with Crippen molar-refractivity contribution in [3.63, 3.8) is 0 Å². The third kappa shape index (κ3) is 3.07. The van der Waals surface area contributed by atoms with E-state index in [1.807, 2.05) is 5.32 Å². The van der Waals surface area contributed by atoms with Crippen LogP contribution in [0.25, 0.3) is 0 Å². The van der Waals surface area contributed by atoms with Crippen molar-refractivity contribution in [1.29, 1.82) is 0 Å². The van der Waals surface area contributed by atoms with E-state index in [1.54, 1.807) is 0 Å². The van der Waals surface area contributed by atoms with Gasteiger partial charge in [-0.15, -0.1) is 0 Å². The first-order valence-electron chi connectivity index (χ1n) is 5.85. The Morgan fingerprint density at radius 3 is 2.68 bits per heavy atom. The van der Waals surface area contributed by atoms with Gasteiger partial charge in [0.1, 0.15) is 0 Å². The SMILES string of the molecule is COP(=O)(COc1ccoc1C1(Cl)C=NC(=O)NC1=O)OC. The maximum atomic E-state index is 11.9. The Bertz CT molecular complexity index is 665. The average molecular weight is 351 g/mol.